The van der Waals surface area contributed by atoms with Gasteiger partial charge in [0.2, 0.25) is 0 Å². The topological polar surface area (TPSA) is 21.3 Å². The summed E-state index contributed by atoms with van der Waals surface area (Å²) in [5, 5.41) is 3.29. The van der Waals surface area contributed by atoms with Crippen LogP contribution in [-0.4, -0.2) is 25.9 Å². The van der Waals surface area contributed by atoms with Crippen molar-refractivity contribution in [3.05, 3.63) is 19.8 Å². The fourth-order valence-corrected chi connectivity index (χ4v) is 3.43. The van der Waals surface area contributed by atoms with Crippen LogP contribution >= 0.6 is 38.9 Å². The molecule has 1 rings (SSSR count). The van der Waals surface area contributed by atoms with Gasteiger partial charge in [-0.25, -0.2) is 0 Å². The molecule has 0 fully saturated rings. The first-order chi connectivity index (χ1) is 9.33. The predicted octanol–water partition coefficient (Wildman–Crippen LogP) is 5.17. The normalized spacial score (nSPS) is 13.7. The molecule has 0 aliphatic rings. The summed E-state index contributed by atoms with van der Waals surface area (Å²) in [5.41, 5.74) is 0. The lowest BCUT2D eigenvalue weighted by atomic mass is 10.1. The molecule has 1 aromatic heterocycles. The van der Waals surface area contributed by atoms with Crippen molar-refractivity contribution < 1.29 is 17.9 Å². The molecule has 2 nitrogen and oxygen atoms in total. The number of hydrogen-bond acceptors (Lipinski definition) is 3. The molecular formula is C12H16BrClF3NOS. The smallest absolute Gasteiger partial charge is 0.372 e. The third kappa shape index (κ3) is 6.76. The Labute approximate surface area is 133 Å². The molecular weight excluding hydrogens is 379 g/mol. The molecule has 1 aromatic rings. The first-order valence-electron chi connectivity index (χ1n) is 6.16. The quantitative estimate of drug-likeness (QED) is 0.614. The van der Waals surface area contributed by atoms with E-state index in [1.54, 1.807) is 0 Å². The van der Waals surface area contributed by atoms with Crippen LogP contribution in [0.3, 0.4) is 0 Å². The Morgan fingerprint density at radius 3 is 2.70 bits per heavy atom. The number of ether oxygens (including phenoxy) is 1. The second-order valence-electron chi connectivity index (χ2n) is 4.23. The van der Waals surface area contributed by atoms with Crippen LogP contribution < -0.4 is 5.32 Å². The van der Waals surface area contributed by atoms with Gasteiger partial charge in [0, 0.05) is 22.0 Å². The van der Waals surface area contributed by atoms with Crippen molar-refractivity contribution in [2.45, 2.75) is 32.0 Å². The SMILES string of the molecule is CCCNC(CCOCC(F)(F)F)c1cc(Br)c(Cl)s1. The lowest BCUT2D eigenvalue weighted by molar-refractivity contribution is -0.174. The molecule has 1 atom stereocenters. The maximum absolute atomic E-state index is 12.0. The van der Waals surface area contributed by atoms with Gasteiger partial charge in [0.05, 0.1) is 0 Å². The number of hydrogen-bond donors (Lipinski definition) is 1. The highest BCUT2D eigenvalue weighted by Gasteiger charge is 2.27. The average molecular weight is 395 g/mol. The highest BCUT2D eigenvalue weighted by molar-refractivity contribution is 9.10. The van der Waals surface area contributed by atoms with E-state index in [-0.39, 0.29) is 12.6 Å². The van der Waals surface area contributed by atoms with Crippen LogP contribution in [0.25, 0.3) is 0 Å². The molecule has 0 amide bonds. The van der Waals surface area contributed by atoms with Gasteiger partial charge in [-0.2, -0.15) is 13.2 Å². The summed E-state index contributed by atoms with van der Waals surface area (Å²) in [6.07, 6.45) is -2.86. The van der Waals surface area contributed by atoms with E-state index in [9.17, 15) is 13.2 Å². The van der Waals surface area contributed by atoms with Gasteiger partial charge in [-0.15, -0.1) is 11.3 Å². The van der Waals surface area contributed by atoms with Crippen molar-refractivity contribution in [1.82, 2.24) is 5.32 Å². The zero-order valence-corrected chi connectivity index (χ0v) is 14.1. The Morgan fingerprint density at radius 1 is 1.50 bits per heavy atom. The van der Waals surface area contributed by atoms with Gasteiger partial charge < -0.3 is 10.1 Å². The number of alkyl halides is 3. The molecule has 116 valence electrons. The fraction of sp³-hybridized carbons (Fsp3) is 0.667. The van der Waals surface area contributed by atoms with Crippen LogP contribution in [-0.2, 0) is 4.74 Å². The summed E-state index contributed by atoms with van der Waals surface area (Å²) in [6, 6.07) is 1.85. The van der Waals surface area contributed by atoms with E-state index in [1.165, 1.54) is 11.3 Å². The van der Waals surface area contributed by atoms with Crippen molar-refractivity contribution in [1.29, 1.82) is 0 Å². The van der Waals surface area contributed by atoms with Crippen LogP contribution in [0.4, 0.5) is 13.2 Å². The first kappa shape index (κ1) is 18.2. The van der Waals surface area contributed by atoms with Crippen LogP contribution in [0.15, 0.2) is 10.5 Å². The number of rotatable bonds is 8. The molecule has 20 heavy (non-hydrogen) atoms. The van der Waals surface area contributed by atoms with E-state index in [1.807, 2.05) is 13.0 Å². The largest absolute Gasteiger partial charge is 0.411 e. The second-order valence-corrected chi connectivity index (χ2v) is 6.77. The van der Waals surface area contributed by atoms with Crippen LogP contribution in [0, 0.1) is 0 Å². The summed E-state index contributed by atoms with van der Waals surface area (Å²) < 4.78 is 42.1. The molecule has 0 spiro atoms. The van der Waals surface area contributed by atoms with Crippen molar-refractivity contribution in [3.8, 4) is 0 Å². The molecule has 0 bridgehead atoms. The standard InChI is InChI=1S/C12H16BrClF3NOS/c1-2-4-18-9(3-5-19-7-12(15,16)17)10-6-8(13)11(14)20-10/h6,9,18H,2-5,7H2,1H3. The molecule has 0 radical (unpaired) electrons. The molecule has 8 heteroatoms. The summed E-state index contributed by atoms with van der Waals surface area (Å²) >= 11 is 10.7. The van der Waals surface area contributed by atoms with Gasteiger partial charge in [0.25, 0.3) is 0 Å². The summed E-state index contributed by atoms with van der Waals surface area (Å²) in [7, 11) is 0. The Bertz CT molecular complexity index is 394. The van der Waals surface area contributed by atoms with E-state index in [0.29, 0.717) is 10.8 Å². The fourth-order valence-electron chi connectivity index (χ4n) is 1.59. The highest BCUT2D eigenvalue weighted by Crippen LogP contribution is 2.36. The van der Waals surface area contributed by atoms with Crippen molar-refractivity contribution in [3.63, 3.8) is 0 Å². The maximum atomic E-state index is 12.0. The zero-order chi connectivity index (χ0) is 15.2. The minimum Gasteiger partial charge on any atom is -0.372 e. The van der Waals surface area contributed by atoms with Crippen molar-refractivity contribution in [2.24, 2.45) is 0 Å². The van der Waals surface area contributed by atoms with Crippen LogP contribution in [0.1, 0.15) is 30.7 Å². The molecule has 1 unspecified atom stereocenters. The third-order valence-corrected chi connectivity index (χ3v) is 5.05. The summed E-state index contributed by atoms with van der Waals surface area (Å²) in [5.74, 6) is 0. The average Bonchev–Trinajstić information content (AvgIpc) is 2.67. The first-order valence-corrected chi connectivity index (χ1v) is 8.15. The number of nitrogens with one attached hydrogen (secondary N) is 1. The molecule has 0 saturated carbocycles. The van der Waals surface area contributed by atoms with Gasteiger partial charge in [-0.05, 0) is 41.4 Å². The monoisotopic (exact) mass is 393 g/mol. The maximum Gasteiger partial charge on any atom is 0.411 e. The van der Waals surface area contributed by atoms with Gasteiger partial charge >= 0.3 is 6.18 Å². The van der Waals surface area contributed by atoms with E-state index >= 15 is 0 Å². The number of halogens is 5. The second kappa shape index (κ2) is 8.58. The molecule has 1 N–H and O–H groups in total. The van der Waals surface area contributed by atoms with Gasteiger partial charge in [0.15, 0.2) is 0 Å². The molecule has 0 aliphatic heterocycles. The van der Waals surface area contributed by atoms with Crippen LogP contribution in [0.2, 0.25) is 4.34 Å². The van der Waals surface area contributed by atoms with E-state index < -0.39 is 12.8 Å². The third-order valence-electron chi connectivity index (χ3n) is 2.46. The Hall–Kier alpha value is 0.180. The zero-order valence-electron chi connectivity index (χ0n) is 10.9. The molecule has 0 aromatic carbocycles. The highest BCUT2D eigenvalue weighted by atomic mass is 79.9. The van der Waals surface area contributed by atoms with E-state index in [4.69, 9.17) is 11.6 Å². The molecule has 1 heterocycles. The molecule has 0 aliphatic carbocycles. The van der Waals surface area contributed by atoms with Crippen molar-refractivity contribution >= 4 is 38.9 Å². The van der Waals surface area contributed by atoms with Crippen molar-refractivity contribution in [2.75, 3.05) is 19.8 Å². The number of thiophene rings is 1. The van der Waals surface area contributed by atoms with E-state index in [0.717, 1.165) is 22.3 Å². The van der Waals surface area contributed by atoms with E-state index in [2.05, 4.69) is 26.0 Å². The minimum absolute atomic E-state index is 0.0445. The molecule has 0 saturated heterocycles. The lowest BCUT2D eigenvalue weighted by Gasteiger charge is -2.17. The lowest BCUT2D eigenvalue weighted by Crippen LogP contribution is -2.24. The van der Waals surface area contributed by atoms with Gasteiger partial charge in [-0.3, -0.25) is 0 Å². The Kier molecular flexibility index (Phi) is 7.82. The van der Waals surface area contributed by atoms with Gasteiger partial charge in [0.1, 0.15) is 10.9 Å². The summed E-state index contributed by atoms with van der Waals surface area (Å²) in [4.78, 5) is 0.992. The summed E-state index contributed by atoms with van der Waals surface area (Å²) in [6.45, 7) is 1.66. The Morgan fingerprint density at radius 2 is 2.20 bits per heavy atom. The minimum atomic E-state index is -4.28. The van der Waals surface area contributed by atoms with Gasteiger partial charge in [-0.1, -0.05) is 18.5 Å². The Balaban J connectivity index is 2.52. The predicted molar refractivity (Wildman–Crippen MR) is 79.6 cm³/mol. The van der Waals surface area contributed by atoms with Crippen LogP contribution in [0.5, 0.6) is 0 Å².